The van der Waals surface area contributed by atoms with Gasteiger partial charge in [-0.3, -0.25) is 4.90 Å². The van der Waals surface area contributed by atoms with E-state index in [1.807, 2.05) is 6.92 Å². The van der Waals surface area contributed by atoms with Gasteiger partial charge < -0.3 is 30.6 Å². The smallest absolute Gasteiger partial charge is 0.319 e. The van der Waals surface area contributed by atoms with Gasteiger partial charge in [-0.25, -0.2) is 18.2 Å². The zero-order valence-electron chi connectivity index (χ0n) is 25.3. The number of hydrogen-bond acceptors (Lipinski definition) is 10. The Kier molecular flexibility index (Phi) is 8.97. The average Bonchev–Trinajstić information content (AvgIpc) is 3.38. The van der Waals surface area contributed by atoms with Crippen molar-refractivity contribution in [2.24, 2.45) is 0 Å². The van der Waals surface area contributed by atoms with Crippen molar-refractivity contribution in [1.29, 1.82) is 0 Å². The Hall–Kier alpha value is -3.42. The Balaban J connectivity index is 1.47. The first-order valence-corrected chi connectivity index (χ1v) is 15.4. The Labute approximate surface area is 254 Å². The molecule has 0 saturated carbocycles. The Morgan fingerprint density at radius 2 is 2.00 bits per heavy atom. The van der Waals surface area contributed by atoms with Crippen molar-refractivity contribution < 1.29 is 27.4 Å². The second kappa shape index (κ2) is 12.9. The molecule has 1 aromatic carbocycles. The highest BCUT2D eigenvalue weighted by atomic mass is 19.3. The number of anilines is 2. The van der Waals surface area contributed by atoms with E-state index in [-0.39, 0.29) is 57.8 Å². The number of benzene rings is 1. The summed E-state index contributed by atoms with van der Waals surface area (Å²) in [7, 11) is 0. The highest BCUT2D eigenvalue weighted by molar-refractivity contribution is 5.96. The summed E-state index contributed by atoms with van der Waals surface area (Å²) in [6.45, 7) is 9.35. The molecule has 13 heteroatoms. The van der Waals surface area contributed by atoms with E-state index in [4.69, 9.17) is 19.9 Å². The van der Waals surface area contributed by atoms with Crippen LogP contribution in [-0.2, 0) is 11.2 Å². The molecule has 0 bridgehead atoms. The number of aryl methyl sites for hydroxylation is 1. The fourth-order valence-corrected chi connectivity index (χ4v) is 6.68. The molecule has 0 spiro atoms. The van der Waals surface area contributed by atoms with Crippen molar-refractivity contribution in [1.82, 2.24) is 25.2 Å². The lowest BCUT2D eigenvalue weighted by molar-refractivity contribution is -0.0101. The van der Waals surface area contributed by atoms with Crippen LogP contribution in [0.25, 0.3) is 22.2 Å². The van der Waals surface area contributed by atoms with E-state index >= 15 is 4.39 Å². The highest BCUT2D eigenvalue weighted by Crippen LogP contribution is 2.40. The van der Waals surface area contributed by atoms with Crippen LogP contribution in [0.3, 0.4) is 0 Å². The number of halogens is 3. The van der Waals surface area contributed by atoms with Gasteiger partial charge in [0.15, 0.2) is 5.82 Å². The molecule has 4 atom stereocenters. The fourth-order valence-electron chi connectivity index (χ4n) is 6.68. The van der Waals surface area contributed by atoms with E-state index in [1.165, 1.54) is 6.07 Å². The predicted octanol–water partition coefficient (Wildman–Crippen LogP) is 4.33. The summed E-state index contributed by atoms with van der Waals surface area (Å²) in [5.74, 6) is -0.345. The molecule has 2 fully saturated rings. The van der Waals surface area contributed by atoms with Gasteiger partial charge in [-0.2, -0.15) is 9.97 Å². The van der Waals surface area contributed by atoms with Crippen LogP contribution in [0.15, 0.2) is 12.1 Å². The normalized spacial score (nSPS) is 24.4. The molecular weight excluding hydrogens is 575 g/mol. The van der Waals surface area contributed by atoms with Crippen molar-refractivity contribution >= 4 is 22.4 Å². The molecule has 2 saturated heterocycles. The van der Waals surface area contributed by atoms with E-state index in [1.54, 1.807) is 13.0 Å². The summed E-state index contributed by atoms with van der Waals surface area (Å²) in [4.78, 5) is 16.2. The predicted molar refractivity (Wildman–Crippen MR) is 162 cm³/mol. The van der Waals surface area contributed by atoms with Gasteiger partial charge in [-0.15, -0.1) is 0 Å². The van der Waals surface area contributed by atoms with Gasteiger partial charge in [0, 0.05) is 55.4 Å². The van der Waals surface area contributed by atoms with Crippen LogP contribution in [-0.4, -0.2) is 90.0 Å². The Morgan fingerprint density at radius 1 is 1.16 bits per heavy atom. The van der Waals surface area contributed by atoms with Crippen LogP contribution >= 0.6 is 0 Å². The van der Waals surface area contributed by atoms with Crippen LogP contribution < -0.4 is 25.8 Å². The topological polar surface area (TPSA) is 120 Å². The number of nitrogens with one attached hydrogen (secondary N) is 2. The number of alkyl halides is 2. The Morgan fingerprint density at radius 3 is 2.82 bits per heavy atom. The standard InChI is InChI=1S/C31H40F3N7O3/c1-16-10-19(35)12-23(22(16)13-24(32)33)27-26(34)28-25-29(37-7-6-36-17(2)11-18(3)44-30(25)38-27)40-31(39-28)43-15-21-5-4-20-14-42-9-8-41(20)21/h10,12,17-18,20-21,24,36H,4-9,11,13-15,35H2,1-3H3,(H,37,39,40)/t17?,18-,20-,21-/m0/s1. The lowest BCUT2D eigenvalue weighted by Gasteiger charge is -2.33. The summed E-state index contributed by atoms with van der Waals surface area (Å²) in [5.41, 5.74) is 7.18. The number of morpholine rings is 1. The second-order valence-corrected chi connectivity index (χ2v) is 12.1. The van der Waals surface area contributed by atoms with Crippen molar-refractivity contribution in [2.45, 2.75) is 77.1 Å². The van der Waals surface area contributed by atoms with E-state index in [0.717, 1.165) is 19.4 Å². The first-order valence-electron chi connectivity index (χ1n) is 15.4. The minimum Gasteiger partial charge on any atom is -0.474 e. The van der Waals surface area contributed by atoms with E-state index < -0.39 is 18.7 Å². The number of fused-ring (bicyclic) bond motifs is 1. The number of ether oxygens (including phenoxy) is 3. The monoisotopic (exact) mass is 615 g/mol. The molecule has 0 radical (unpaired) electrons. The molecular formula is C31H40F3N7O3. The number of hydrogen-bond donors (Lipinski definition) is 3. The molecule has 0 aliphatic carbocycles. The summed E-state index contributed by atoms with van der Waals surface area (Å²) < 4.78 is 62.2. The molecule has 44 heavy (non-hydrogen) atoms. The van der Waals surface area contributed by atoms with Gasteiger partial charge in [0.1, 0.15) is 29.0 Å². The summed E-state index contributed by atoms with van der Waals surface area (Å²) in [5, 5.41) is 7.01. The van der Waals surface area contributed by atoms with Gasteiger partial charge in [-0.05, 0) is 63.3 Å². The van der Waals surface area contributed by atoms with Crippen molar-refractivity contribution in [3.05, 3.63) is 29.1 Å². The highest BCUT2D eigenvalue weighted by Gasteiger charge is 2.36. The van der Waals surface area contributed by atoms with Gasteiger partial charge in [0.2, 0.25) is 12.3 Å². The van der Waals surface area contributed by atoms with Gasteiger partial charge in [0.05, 0.1) is 19.3 Å². The number of pyridine rings is 1. The van der Waals surface area contributed by atoms with Crippen LogP contribution in [0.5, 0.6) is 11.9 Å². The maximum absolute atomic E-state index is 16.7. The third-order valence-electron chi connectivity index (χ3n) is 8.73. The average molecular weight is 616 g/mol. The Bertz CT molecular complexity index is 1510. The second-order valence-electron chi connectivity index (χ2n) is 12.1. The molecule has 3 aliphatic heterocycles. The van der Waals surface area contributed by atoms with Crippen molar-refractivity contribution in [3.8, 4) is 23.1 Å². The molecule has 6 rings (SSSR count). The summed E-state index contributed by atoms with van der Waals surface area (Å²) >= 11 is 0. The SMILES string of the molecule is Cc1cc(N)cc(-c2nc3c4c(nc(OC[C@@H]5CC[C@H]6COCCN65)nc4c2F)NCCNC(C)C[C@H](C)O3)c1CC(F)F. The van der Waals surface area contributed by atoms with Gasteiger partial charge >= 0.3 is 6.01 Å². The molecule has 2 aromatic heterocycles. The largest absolute Gasteiger partial charge is 0.474 e. The maximum Gasteiger partial charge on any atom is 0.319 e. The molecule has 5 heterocycles. The lowest BCUT2D eigenvalue weighted by atomic mass is 9.95. The fraction of sp³-hybridized carbons (Fsp3) is 0.581. The quantitative estimate of drug-likeness (QED) is 0.346. The number of aromatic nitrogens is 3. The zero-order chi connectivity index (χ0) is 31.0. The first kappa shape index (κ1) is 30.6. The molecule has 4 N–H and O–H groups in total. The minimum absolute atomic E-state index is 0.0134. The maximum atomic E-state index is 16.7. The summed E-state index contributed by atoms with van der Waals surface area (Å²) in [6, 6.07) is 3.77. The lowest BCUT2D eigenvalue weighted by Crippen LogP contribution is -2.46. The number of nitrogen functional groups attached to an aromatic ring is 1. The van der Waals surface area contributed by atoms with Crippen LogP contribution in [0, 0.1) is 12.7 Å². The molecule has 3 aliphatic rings. The first-order chi connectivity index (χ1) is 21.2. The van der Waals surface area contributed by atoms with Crippen molar-refractivity contribution in [3.63, 3.8) is 0 Å². The molecule has 238 valence electrons. The van der Waals surface area contributed by atoms with E-state index in [9.17, 15) is 8.78 Å². The minimum atomic E-state index is -2.65. The third kappa shape index (κ3) is 6.36. The zero-order valence-corrected chi connectivity index (χ0v) is 25.3. The van der Waals surface area contributed by atoms with Gasteiger partial charge in [-0.1, -0.05) is 0 Å². The number of nitrogens with two attached hydrogens (primary N) is 1. The number of rotatable bonds is 6. The molecule has 10 nitrogen and oxygen atoms in total. The molecule has 3 aromatic rings. The van der Waals surface area contributed by atoms with Gasteiger partial charge in [0.25, 0.3) is 0 Å². The molecule has 1 unspecified atom stereocenters. The van der Waals surface area contributed by atoms with E-state index in [0.29, 0.717) is 62.4 Å². The van der Waals surface area contributed by atoms with E-state index in [2.05, 4.69) is 37.4 Å². The van der Waals surface area contributed by atoms with Crippen molar-refractivity contribution in [2.75, 3.05) is 50.5 Å². The van der Waals surface area contributed by atoms with Crippen LogP contribution in [0.2, 0.25) is 0 Å². The number of nitrogens with zero attached hydrogens (tertiary/aromatic N) is 4. The molecule has 0 amide bonds. The van der Waals surface area contributed by atoms with Crippen LogP contribution in [0.4, 0.5) is 24.7 Å². The summed E-state index contributed by atoms with van der Waals surface area (Å²) in [6.07, 6.45) is -0.896. The third-order valence-corrected chi connectivity index (χ3v) is 8.73. The van der Waals surface area contributed by atoms with Crippen LogP contribution in [0.1, 0.15) is 44.2 Å².